The molecule has 0 spiro atoms. The number of para-hydroxylation sites is 2. The minimum atomic E-state index is -0.561. The maximum Gasteiger partial charge on any atom is 0.418 e. The Morgan fingerprint density at radius 3 is 1.97 bits per heavy atom. The van der Waals surface area contributed by atoms with Gasteiger partial charge in [-0.25, -0.2) is 14.5 Å². The molecule has 0 heterocycles. The molecule has 178 valence electrons. The molecule has 1 amide bonds. The molecule has 0 aliphatic carbocycles. The van der Waals surface area contributed by atoms with Crippen molar-refractivity contribution < 1.29 is 23.8 Å². The molecule has 0 unspecified atom stereocenters. The molecule has 0 atom stereocenters. The first-order valence-corrected chi connectivity index (χ1v) is 11.2. The number of nitrogens with zero attached hydrogens (tertiary/aromatic N) is 1. The summed E-state index contributed by atoms with van der Waals surface area (Å²) in [5.41, 5.74) is 2.76. The summed E-state index contributed by atoms with van der Waals surface area (Å²) in [6.07, 6.45) is 0.0610. The average molecular weight is 462 g/mol. The lowest BCUT2D eigenvalue weighted by Gasteiger charge is -2.22. The number of hydrogen-bond donors (Lipinski definition) is 0. The Morgan fingerprint density at radius 1 is 0.824 bits per heavy atom. The van der Waals surface area contributed by atoms with Crippen LogP contribution in [0.25, 0.3) is 0 Å². The van der Waals surface area contributed by atoms with Crippen molar-refractivity contribution >= 4 is 23.4 Å². The van der Waals surface area contributed by atoms with Crippen molar-refractivity contribution in [1.29, 1.82) is 0 Å². The fourth-order valence-electron chi connectivity index (χ4n) is 3.42. The molecular weight excluding hydrogens is 430 g/mol. The van der Waals surface area contributed by atoms with Crippen LogP contribution in [-0.2, 0) is 20.7 Å². The van der Waals surface area contributed by atoms with Gasteiger partial charge in [0.2, 0.25) is 0 Å². The van der Waals surface area contributed by atoms with Gasteiger partial charge in [-0.1, -0.05) is 48.5 Å². The molecule has 6 nitrogen and oxygen atoms in total. The summed E-state index contributed by atoms with van der Waals surface area (Å²) >= 11 is 0. The zero-order valence-electron chi connectivity index (χ0n) is 20.1. The minimum absolute atomic E-state index is 0.167. The van der Waals surface area contributed by atoms with Crippen molar-refractivity contribution in [2.45, 2.75) is 39.7 Å². The fourth-order valence-corrected chi connectivity index (χ4v) is 3.42. The van der Waals surface area contributed by atoms with Crippen LogP contribution in [0.2, 0.25) is 0 Å². The third kappa shape index (κ3) is 7.10. The molecule has 3 aromatic rings. The Balaban J connectivity index is 1.62. The molecule has 3 rings (SSSR count). The standard InChI is InChI=1S/C28H31NO5/c1-21-22(12-11-17-25(21)33-20-26(30)34-28(2,3)4)18-19-32-27(31)29(23-13-7-5-8-14-23)24-15-9-6-10-16-24/h5-17H,18-20H2,1-4H3. The minimum Gasteiger partial charge on any atom is -0.482 e. The Hall–Kier alpha value is -3.80. The summed E-state index contributed by atoms with van der Waals surface area (Å²) in [6.45, 7) is 7.39. The van der Waals surface area contributed by atoms with E-state index >= 15 is 0 Å². The predicted molar refractivity (Wildman–Crippen MR) is 133 cm³/mol. The Kier molecular flexibility index (Phi) is 8.30. The smallest absolute Gasteiger partial charge is 0.418 e. The lowest BCUT2D eigenvalue weighted by atomic mass is 10.1. The molecule has 34 heavy (non-hydrogen) atoms. The SMILES string of the molecule is Cc1c(CCOC(=O)N(c2ccccc2)c2ccccc2)cccc1OCC(=O)OC(C)(C)C. The summed E-state index contributed by atoms with van der Waals surface area (Å²) in [7, 11) is 0. The molecule has 0 aliphatic heterocycles. The van der Waals surface area contributed by atoms with Crippen LogP contribution in [-0.4, -0.2) is 30.9 Å². The summed E-state index contributed by atoms with van der Waals surface area (Å²) in [5, 5.41) is 0. The molecule has 6 heteroatoms. The molecule has 0 saturated heterocycles. The van der Waals surface area contributed by atoms with Crippen LogP contribution < -0.4 is 9.64 Å². The van der Waals surface area contributed by atoms with Crippen LogP contribution in [0.5, 0.6) is 5.75 Å². The van der Waals surface area contributed by atoms with Crippen LogP contribution in [0.15, 0.2) is 78.9 Å². The number of amides is 1. The number of hydrogen-bond acceptors (Lipinski definition) is 5. The number of anilines is 2. The van der Waals surface area contributed by atoms with Gasteiger partial charge < -0.3 is 14.2 Å². The molecular formula is C28H31NO5. The quantitative estimate of drug-likeness (QED) is 0.372. The Morgan fingerprint density at radius 2 is 1.41 bits per heavy atom. The van der Waals surface area contributed by atoms with Crippen LogP contribution in [0, 0.1) is 6.92 Å². The van der Waals surface area contributed by atoms with Gasteiger partial charge in [0.25, 0.3) is 0 Å². The lowest BCUT2D eigenvalue weighted by molar-refractivity contribution is -0.157. The van der Waals surface area contributed by atoms with Crippen molar-refractivity contribution in [2.24, 2.45) is 0 Å². The maximum absolute atomic E-state index is 13.0. The zero-order chi connectivity index (χ0) is 24.6. The van der Waals surface area contributed by atoms with Gasteiger partial charge in [0.1, 0.15) is 11.4 Å². The average Bonchev–Trinajstić information content (AvgIpc) is 2.80. The highest BCUT2D eigenvalue weighted by Crippen LogP contribution is 2.26. The van der Waals surface area contributed by atoms with Crippen LogP contribution in [0.3, 0.4) is 0 Å². The molecule has 0 bridgehead atoms. The molecule has 0 aliphatic rings. The van der Waals surface area contributed by atoms with E-state index in [1.807, 2.05) is 107 Å². The van der Waals surface area contributed by atoms with Crippen LogP contribution in [0.4, 0.5) is 16.2 Å². The first-order chi connectivity index (χ1) is 16.2. The number of esters is 1. The van der Waals surface area contributed by atoms with E-state index in [-0.39, 0.29) is 13.2 Å². The predicted octanol–water partition coefficient (Wildman–Crippen LogP) is 6.23. The van der Waals surface area contributed by atoms with E-state index in [9.17, 15) is 9.59 Å². The second kappa shape index (κ2) is 11.4. The van der Waals surface area contributed by atoms with Gasteiger partial charge >= 0.3 is 12.1 Å². The number of carbonyl (C=O) groups excluding carboxylic acids is 2. The van der Waals surface area contributed by atoms with E-state index in [2.05, 4.69) is 0 Å². The lowest BCUT2D eigenvalue weighted by Crippen LogP contribution is -2.27. The summed E-state index contributed by atoms with van der Waals surface area (Å²) in [4.78, 5) is 26.5. The van der Waals surface area contributed by atoms with E-state index < -0.39 is 17.7 Å². The molecule has 3 aromatic carbocycles. The summed E-state index contributed by atoms with van der Waals surface area (Å²) in [5.74, 6) is 0.179. The van der Waals surface area contributed by atoms with Gasteiger partial charge in [-0.15, -0.1) is 0 Å². The van der Waals surface area contributed by atoms with Crippen molar-refractivity contribution in [3.63, 3.8) is 0 Å². The van der Waals surface area contributed by atoms with Gasteiger partial charge in [-0.2, -0.15) is 0 Å². The van der Waals surface area contributed by atoms with Gasteiger partial charge in [0.15, 0.2) is 6.61 Å². The first kappa shape index (κ1) is 24.8. The fraction of sp³-hybridized carbons (Fsp3) is 0.286. The maximum atomic E-state index is 13.0. The van der Waals surface area contributed by atoms with E-state index in [1.54, 1.807) is 4.90 Å². The molecule has 0 saturated carbocycles. The number of rotatable bonds is 8. The highest BCUT2D eigenvalue weighted by Gasteiger charge is 2.20. The summed E-state index contributed by atoms with van der Waals surface area (Å²) in [6, 6.07) is 24.4. The van der Waals surface area contributed by atoms with Crippen molar-refractivity contribution in [2.75, 3.05) is 18.1 Å². The van der Waals surface area contributed by atoms with Gasteiger partial charge in [-0.3, -0.25) is 0 Å². The number of carbonyl (C=O) groups is 2. The van der Waals surface area contributed by atoms with Crippen LogP contribution >= 0.6 is 0 Å². The highest BCUT2D eigenvalue weighted by atomic mass is 16.6. The van der Waals surface area contributed by atoms with E-state index in [0.29, 0.717) is 12.2 Å². The van der Waals surface area contributed by atoms with Gasteiger partial charge in [-0.05, 0) is 69.2 Å². The molecule has 0 radical (unpaired) electrons. The van der Waals surface area contributed by atoms with E-state index in [1.165, 1.54) is 0 Å². The van der Waals surface area contributed by atoms with Crippen molar-refractivity contribution in [3.05, 3.63) is 90.0 Å². The number of ether oxygens (including phenoxy) is 3. The van der Waals surface area contributed by atoms with E-state index in [4.69, 9.17) is 14.2 Å². The first-order valence-electron chi connectivity index (χ1n) is 11.2. The highest BCUT2D eigenvalue weighted by molar-refractivity contribution is 5.95. The third-order valence-electron chi connectivity index (χ3n) is 4.97. The Labute approximate surface area is 201 Å². The Bertz CT molecular complexity index is 1050. The molecule has 0 N–H and O–H groups in total. The topological polar surface area (TPSA) is 65.1 Å². The zero-order valence-corrected chi connectivity index (χ0v) is 20.1. The second-order valence-corrected chi connectivity index (χ2v) is 8.79. The molecule has 0 aromatic heterocycles. The van der Waals surface area contributed by atoms with Crippen molar-refractivity contribution in [1.82, 2.24) is 0 Å². The monoisotopic (exact) mass is 461 g/mol. The van der Waals surface area contributed by atoms with Gasteiger partial charge in [0.05, 0.1) is 18.0 Å². The summed E-state index contributed by atoms with van der Waals surface area (Å²) < 4.78 is 16.6. The third-order valence-corrected chi connectivity index (χ3v) is 4.97. The van der Waals surface area contributed by atoms with Crippen molar-refractivity contribution in [3.8, 4) is 5.75 Å². The molecule has 0 fully saturated rings. The van der Waals surface area contributed by atoms with Crippen LogP contribution in [0.1, 0.15) is 31.9 Å². The second-order valence-electron chi connectivity index (χ2n) is 8.79. The van der Waals surface area contributed by atoms with E-state index in [0.717, 1.165) is 22.5 Å². The normalized spacial score (nSPS) is 10.9. The number of benzene rings is 3. The van der Waals surface area contributed by atoms with Gasteiger partial charge in [0, 0.05) is 6.42 Å². The largest absolute Gasteiger partial charge is 0.482 e.